The van der Waals surface area contributed by atoms with Crippen molar-refractivity contribution in [2.45, 2.75) is 13.1 Å². The topological polar surface area (TPSA) is 34.9 Å². The van der Waals surface area contributed by atoms with Crippen LogP contribution in [-0.2, 0) is 6.18 Å². The van der Waals surface area contributed by atoms with E-state index in [1.54, 1.807) is 0 Å². The fourth-order valence-electron chi connectivity index (χ4n) is 1.52. The average Bonchev–Trinajstić information content (AvgIpc) is 2.77. The Labute approximate surface area is 111 Å². The summed E-state index contributed by atoms with van der Waals surface area (Å²) in [7, 11) is 0. The van der Waals surface area contributed by atoms with E-state index in [0.29, 0.717) is 5.56 Å². The van der Waals surface area contributed by atoms with Gasteiger partial charge in [-0.1, -0.05) is 11.6 Å². The van der Waals surface area contributed by atoms with Crippen LogP contribution in [-0.4, -0.2) is 15.6 Å². The molecule has 0 aliphatic carbocycles. The SMILES string of the molecule is CC(=O)c1cnn(-c2ccc(Cl)c(C(F)(F)F)c2)c1. The van der Waals surface area contributed by atoms with Crippen LogP contribution >= 0.6 is 11.6 Å². The van der Waals surface area contributed by atoms with E-state index in [9.17, 15) is 18.0 Å². The molecule has 1 aromatic heterocycles. The number of aromatic nitrogens is 2. The molecule has 7 heteroatoms. The number of rotatable bonds is 2. The van der Waals surface area contributed by atoms with E-state index in [0.717, 1.165) is 12.1 Å². The van der Waals surface area contributed by atoms with Gasteiger partial charge >= 0.3 is 6.18 Å². The Morgan fingerprint density at radius 1 is 1.37 bits per heavy atom. The van der Waals surface area contributed by atoms with Gasteiger partial charge in [-0.2, -0.15) is 18.3 Å². The summed E-state index contributed by atoms with van der Waals surface area (Å²) < 4.78 is 39.3. The first-order valence-electron chi connectivity index (χ1n) is 5.22. The second-order valence-electron chi connectivity index (χ2n) is 3.89. The second-order valence-corrected chi connectivity index (χ2v) is 4.30. The number of alkyl halides is 3. The molecule has 0 spiro atoms. The summed E-state index contributed by atoms with van der Waals surface area (Å²) in [5, 5.41) is 3.47. The Balaban J connectivity index is 2.48. The van der Waals surface area contributed by atoms with Gasteiger partial charge in [0.2, 0.25) is 0 Å². The third-order valence-corrected chi connectivity index (χ3v) is 2.84. The highest BCUT2D eigenvalue weighted by Crippen LogP contribution is 2.35. The largest absolute Gasteiger partial charge is 0.417 e. The molecule has 2 aromatic rings. The van der Waals surface area contributed by atoms with Crippen LogP contribution in [0.2, 0.25) is 5.02 Å². The lowest BCUT2D eigenvalue weighted by atomic mass is 10.2. The Morgan fingerprint density at radius 3 is 2.58 bits per heavy atom. The van der Waals surface area contributed by atoms with Crippen molar-refractivity contribution in [3.63, 3.8) is 0 Å². The van der Waals surface area contributed by atoms with E-state index in [4.69, 9.17) is 11.6 Å². The van der Waals surface area contributed by atoms with Crippen molar-refractivity contribution >= 4 is 17.4 Å². The van der Waals surface area contributed by atoms with E-state index >= 15 is 0 Å². The second kappa shape index (κ2) is 4.70. The highest BCUT2D eigenvalue weighted by molar-refractivity contribution is 6.31. The molecule has 0 atom stereocenters. The van der Waals surface area contributed by atoms with Crippen LogP contribution in [0.1, 0.15) is 22.8 Å². The molecule has 1 aromatic carbocycles. The van der Waals surface area contributed by atoms with Gasteiger partial charge in [-0.3, -0.25) is 4.79 Å². The molecule has 100 valence electrons. The smallest absolute Gasteiger partial charge is 0.294 e. The molecule has 0 saturated heterocycles. The molecule has 0 radical (unpaired) electrons. The Morgan fingerprint density at radius 2 is 2.05 bits per heavy atom. The van der Waals surface area contributed by atoms with Gasteiger partial charge in [0.1, 0.15) is 0 Å². The Kier molecular flexibility index (Phi) is 3.36. The third kappa shape index (κ3) is 2.78. The molecular weight excluding hydrogens is 281 g/mol. The summed E-state index contributed by atoms with van der Waals surface area (Å²) in [5.74, 6) is -0.212. The summed E-state index contributed by atoms with van der Waals surface area (Å²) in [5.41, 5.74) is -0.431. The molecule has 0 amide bonds. The zero-order valence-electron chi connectivity index (χ0n) is 9.70. The Hall–Kier alpha value is -1.82. The lowest BCUT2D eigenvalue weighted by molar-refractivity contribution is -0.137. The highest BCUT2D eigenvalue weighted by Gasteiger charge is 2.33. The van der Waals surface area contributed by atoms with Crippen LogP contribution in [0.3, 0.4) is 0 Å². The number of carbonyl (C=O) groups excluding carboxylic acids is 1. The van der Waals surface area contributed by atoms with Gasteiger partial charge in [0.15, 0.2) is 5.78 Å². The molecule has 0 saturated carbocycles. The minimum atomic E-state index is -4.54. The van der Waals surface area contributed by atoms with Crippen LogP contribution in [0.15, 0.2) is 30.6 Å². The molecule has 0 N–H and O–H groups in total. The van der Waals surface area contributed by atoms with Crippen LogP contribution < -0.4 is 0 Å². The van der Waals surface area contributed by atoms with Gasteiger partial charge in [-0.05, 0) is 25.1 Å². The van der Waals surface area contributed by atoms with Crippen molar-refractivity contribution < 1.29 is 18.0 Å². The first kappa shape index (κ1) is 13.6. The van der Waals surface area contributed by atoms with E-state index in [1.165, 1.54) is 30.1 Å². The van der Waals surface area contributed by atoms with Gasteiger partial charge in [0.25, 0.3) is 0 Å². The fourth-order valence-corrected chi connectivity index (χ4v) is 1.74. The quantitative estimate of drug-likeness (QED) is 0.789. The standard InChI is InChI=1S/C12H8ClF3N2O/c1-7(19)8-5-17-18(6-8)9-2-3-11(13)10(4-9)12(14,15)16/h2-6H,1H3. The summed E-state index contributed by atoms with van der Waals surface area (Å²) in [6.45, 7) is 1.35. The zero-order chi connectivity index (χ0) is 14.2. The number of ketones is 1. The maximum atomic E-state index is 12.7. The summed E-state index contributed by atoms with van der Waals surface area (Å²) >= 11 is 5.52. The number of carbonyl (C=O) groups is 1. The number of halogens is 4. The van der Waals surface area contributed by atoms with E-state index < -0.39 is 11.7 Å². The van der Waals surface area contributed by atoms with Crippen LogP contribution in [0, 0.1) is 0 Å². The van der Waals surface area contributed by atoms with Crippen molar-refractivity contribution in [1.82, 2.24) is 9.78 Å². The summed E-state index contributed by atoms with van der Waals surface area (Å²) in [4.78, 5) is 11.1. The number of Topliss-reactive ketones (excluding diaryl/α,β-unsaturated/α-hetero) is 1. The van der Waals surface area contributed by atoms with Crippen molar-refractivity contribution in [3.8, 4) is 5.69 Å². The number of benzene rings is 1. The lowest BCUT2D eigenvalue weighted by Crippen LogP contribution is -2.07. The predicted octanol–water partition coefficient (Wildman–Crippen LogP) is 3.75. The summed E-state index contributed by atoms with van der Waals surface area (Å²) in [6, 6.07) is 3.43. The third-order valence-electron chi connectivity index (χ3n) is 2.51. The van der Waals surface area contributed by atoms with Gasteiger partial charge in [-0.15, -0.1) is 0 Å². The average molecular weight is 289 g/mol. The van der Waals surface area contributed by atoms with E-state index in [-0.39, 0.29) is 16.5 Å². The molecule has 0 fully saturated rings. The minimum Gasteiger partial charge on any atom is -0.294 e. The number of hydrogen-bond acceptors (Lipinski definition) is 2. The van der Waals surface area contributed by atoms with Crippen molar-refractivity contribution in [1.29, 1.82) is 0 Å². The molecule has 3 nitrogen and oxygen atoms in total. The normalized spacial score (nSPS) is 11.6. The molecule has 1 heterocycles. The van der Waals surface area contributed by atoms with Crippen molar-refractivity contribution in [3.05, 3.63) is 46.7 Å². The van der Waals surface area contributed by atoms with Crippen molar-refractivity contribution in [2.24, 2.45) is 0 Å². The van der Waals surface area contributed by atoms with E-state index in [2.05, 4.69) is 5.10 Å². The number of nitrogens with zero attached hydrogens (tertiary/aromatic N) is 2. The maximum absolute atomic E-state index is 12.7. The lowest BCUT2D eigenvalue weighted by Gasteiger charge is -2.10. The highest BCUT2D eigenvalue weighted by atomic mass is 35.5. The van der Waals surface area contributed by atoms with Gasteiger partial charge in [0.05, 0.1) is 28.0 Å². The fraction of sp³-hybridized carbons (Fsp3) is 0.167. The summed E-state index contributed by atoms with van der Waals surface area (Å²) in [6.07, 6.45) is -1.88. The molecule has 0 unspecified atom stereocenters. The monoisotopic (exact) mass is 288 g/mol. The van der Waals surface area contributed by atoms with Gasteiger partial charge in [0, 0.05) is 6.20 Å². The molecule has 0 aliphatic rings. The molecule has 2 rings (SSSR count). The van der Waals surface area contributed by atoms with Crippen LogP contribution in [0.25, 0.3) is 5.69 Å². The first-order chi connectivity index (χ1) is 8.79. The number of hydrogen-bond donors (Lipinski definition) is 0. The van der Waals surface area contributed by atoms with Crippen LogP contribution in [0.4, 0.5) is 13.2 Å². The predicted molar refractivity (Wildman–Crippen MR) is 63.6 cm³/mol. The minimum absolute atomic E-state index is 0.184. The zero-order valence-corrected chi connectivity index (χ0v) is 10.5. The molecule has 0 aliphatic heterocycles. The van der Waals surface area contributed by atoms with E-state index in [1.807, 2.05) is 0 Å². The molecule has 19 heavy (non-hydrogen) atoms. The van der Waals surface area contributed by atoms with Gasteiger partial charge < -0.3 is 0 Å². The first-order valence-corrected chi connectivity index (χ1v) is 5.59. The van der Waals surface area contributed by atoms with Gasteiger partial charge in [-0.25, -0.2) is 4.68 Å². The van der Waals surface area contributed by atoms with Crippen molar-refractivity contribution in [2.75, 3.05) is 0 Å². The molecule has 0 bridgehead atoms. The maximum Gasteiger partial charge on any atom is 0.417 e. The Bertz CT molecular complexity index is 634. The molecular formula is C12H8ClF3N2O. The van der Waals surface area contributed by atoms with Crippen LogP contribution in [0.5, 0.6) is 0 Å².